The molecule has 10 heavy (non-hydrogen) atoms. The summed E-state index contributed by atoms with van der Waals surface area (Å²) in [5, 5.41) is 26.1. The number of rotatable bonds is 4. The van der Waals surface area contributed by atoms with Crippen molar-refractivity contribution in [3.8, 4) is 0 Å². The van der Waals surface area contributed by atoms with Crippen molar-refractivity contribution < 1.29 is 15.3 Å². The summed E-state index contributed by atoms with van der Waals surface area (Å²) in [6, 6.07) is 0. The number of hydrogen-bond acceptors (Lipinski definition) is 4. The lowest BCUT2D eigenvalue weighted by Gasteiger charge is -2.12. The third-order valence-electron chi connectivity index (χ3n) is 1.16. The fraction of sp³-hybridized carbons (Fsp3) is 0.833. The maximum absolute atomic E-state index is 8.95. The van der Waals surface area contributed by atoms with Crippen LogP contribution >= 0.6 is 0 Å². The van der Waals surface area contributed by atoms with Crippen LogP contribution in [0.15, 0.2) is 4.99 Å². The van der Waals surface area contributed by atoms with E-state index >= 15 is 0 Å². The van der Waals surface area contributed by atoms with Crippen molar-refractivity contribution in [3.63, 3.8) is 0 Å². The van der Waals surface area contributed by atoms with Crippen molar-refractivity contribution in [1.29, 1.82) is 0 Å². The quantitative estimate of drug-likeness (QED) is 0.437. The summed E-state index contributed by atoms with van der Waals surface area (Å²) in [6.07, 6.45) is -0.200. The van der Waals surface area contributed by atoms with Gasteiger partial charge in [-0.3, -0.25) is 0 Å². The molecule has 0 heterocycles. The smallest absolute Gasteiger partial charge is 0.103 e. The second-order valence-electron chi connectivity index (χ2n) is 1.99. The van der Waals surface area contributed by atoms with Gasteiger partial charge in [-0.15, -0.1) is 0 Å². The standard InChI is InChI=1S/C6H13NO3/c1-7-3-2-5(9)6(10)4-8/h3,5-6,8-10H,2,4H2,1H3/t5-,6+/m0/s1. The first-order valence-electron chi connectivity index (χ1n) is 3.10. The van der Waals surface area contributed by atoms with Crippen LogP contribution < -0.4 is 0 Å². The number of nitrogens with zero attached hydrogens (tertiary/aromatic N) is 1. The molecule has 3 N–H and O–H groups in total. The van der Waals surface area contributed by atoms with Crippen molar-refractivity contribution in [2.75, 3.05) is 13.7 Å². The molecule has 0 fully saturated rings. The normalized spacial score (nSPS) is 17.6. The van der Waals surface area contributed by atoms with Gasteiger partial charge in [0, 0.05) is 19.7 Å². The minimum absolute atomic E-state index is 0.276. The molecule has 4 nitrogen and oxygen atoms in total. The predicted octanol–water partition coefficient (Wildman–Crippen LogP) is -1.21. The van der Waals surface area contributed by atoms with Crippen molar-refractivity contribution in [3.05, 3.63) is 0 Å². The molecule has 0 radical (unpaired) electrons. The van der Waals surface area contributed by atoms with E-state index in [2.05, 4.69) is 4.99 Å². The van der Waals surface area contributed by atoms with Crippen molar-refractivity contribution in [1.82, 2.24) is 0 Å². The van der Waals surface area contributed by atoms with Gasteiger partial charge in [-0.2, -0.15) is 0 Å². The van der Waals surface area contributed by atoms with Crippen molar-refractivity contribution in [2.24, 2.45) is 4.99 Å². The SMILES string of the molecule is CN=CC[C@H](O)[C@H](O)CO. The van der Waals surface area contributed by atoms with Gasteiger partial charge in [-0.05, 0) is 0 Å². The zero-order valence-corrected chi connectivity index (χ0v) is 5.94. The third-order valence-corrected chi connectivity index (χ3v) is 1.16. The Labute approximate surface area is 59.8 Å². The van der Waals surface area contributed by atoms with E-state index in [1.807, 2.05) is 0 Å². The molecule has 0 saturated heterocycles. The van der Waals surface area contributed by atoms with Gasteiger partial charge >= 0.3 is 0 Å². The highest BCUT2D eigenvalue weighted by Crippen LogP contribution is 1.95. The maximum atomic E-state index is 8.95. The molecule has 0 aliphatic rings. The fourth-order valence-corrected chi connectivity index (χ4v) is 0.492. The van der Waals surface area contributed by atoms with Gasteiger partial charge in [0.05, 0.1) is 12.7 Å². The minimum atomic E-state index is -1.06. The molecular weight excluding hydrogens is 134 g/mol. The Balaban J connectivity index is 3.50. The maximum Gasteiger partial charge on any atom is 0.103 e. The van der Waals surface area contributed by atoms with Gasteiger partial charge in [-0.25, -0.2) is 0 Å². The van der Waals surface area contributed by atoms with E-state index in [1.165, 1.54) is 6.21 Å². The summed E-state index contributed by atoms with van der Waals surface area (Å²) in [6.45, 7) is -0.418. The average Bonchev–Trinajstić information content (AvgIpc) is 1.98. The van der Waals surface area contributed by atoms with Crippen LogP contribution in [-0.2, 0) is 0 Å². The molecule has 0 bridgehead atoms. The van der Waals surface area contributed by atoms with Gasteiger partial charge < -0.3 is 20.3 Å². The molecule has 0 aliphatic carbocycles. The predicted molar refractivity (Wildman–Crippen MR) is 38.1 cm³/mol. The molecule has 0 aromatic heterocycles. The van der Waals surface area contributed by atoms with E-state index in [0.29, 0.717) is 0 Å². The van der Waals surface area contributed by atoms with Crippen LogP contribution in [0, 0.1) is 0 Å². The van der Waals surface area contributed by atoms with Gasteiger partial charge in [0.2, 0.25) is 0 Å². The molecule has 0 saturated carbocycles. The molecule has 0 aromatic carbocycles. The van der Waals surface area contributed by atoms with Gasteiger partial charge in [-0.1, -0.05) is 0 Å². The van der Waals surface area contributed by atoms with Crippen molar-refractivity contribution >= 4 is 6.21 Å². The summed E-state index contributed by atoms with van der Waals surface area (Å²) >= 11 is 0. The van der Waals surface area contributed by atoms with Crippen LogP contribution in [0.1, 0.15) is 6.42 Å². The highest BCUT2D eigenvalue weighted by molar-refractivity contribution is 5.57. The molecule has 2 atom stereocenters. The Morgan fingerprint density at radius 3 is 2.40 bits per heavy atom. The van der Waals surface area contributed by atoms with Crippen molar-refractivity contribution in [2.45, 2.75) is 18.6 Å². The first kappa shape index (κ1) is 9.55. The largest absolute Gasteiger partial charge is 0.394 e. The number of aliphatic hydroxyl groups is 3. The lowest BCUT2D eigenvalue weighted by atomic mass is 10.1. The number of aliphatic hydroxyl groups excluding tert-OH is 3. The van der Waals surface area contributed by atoms with Crippen LogP contribution in [-0.4, -0.2) is 47.4 Å². The lowest BCUT2D eigenvalue weighted by Crippen LogP contribution is -2.29. The summed E-state index contributed by atoms with van der Waals surface area (Å²) in [7, 11) is 1.58. The molecule has 4 heteroatoms. The van der Waals surface area contributed by atoms with Gasteiger partial charge in [0.15, 0.2) is 0 Å². The van der Waals surface area contributed by atoms with E-state index in [1.54, 1.807) is 7.05 Å². The van der Waals surface area contributed by atoms with Crippen LogP contribution in [0.4, 0.5) is 0 Å². The second-order valence-corrected chi connectivity index (χ2v) is 1.99. The summed E-state index contributed by atoms with van der Waals surface area (Å²) in [5.41, 5.74) is 0. The Kier molecular flexibility index (Phi) is 5.10. The Bertz CT molecular complexity index is 105. The highest BCUT2D eigenvalue weighted by atomic mass is 16.4. The first-order valence-corrected chi connectivity index (χ1v) is 3.10. The van der Waals surface area contributed by atoms with Gasteiger partial charge in [0.25, 0.3) is 0 Å². The highest BCUT2D eigenvalue weighted by Gasteiger charge is 2.12. The Hall–Kier alpha value is -0.450. The molecule has 0 spiro atoms. The van der Waals surface area contributed by atoms with Crippen LogP contribution in [0.25, 0.3) is 0 Å². The summed E-state index contributed by atoms with van der Waals surface area (Å²) in [4.78, 5) is 3.61. The Morgan fingerprint density at radius 1 is 1.40 bits per heavy atom. The van der Waals surface area contributed by atoms with Gasteiger partial charge in [0.1, 0.15) is 6.10 Å². The van der Waals surface area contributed by atoms with E-state index in [-0.39, 0.29) is 6.42 Å². The number of hydrogen-bond donors (Lipinski definition) is 3. The summed E-state index contributed by atoms with van der Waals surface area (Å²) < 4.78 is 0. The first-order chi connectivity index (χ1) is 4.72. The van der Waals surface area contributed by atoms with E-state index in [9.17, 15) is 0 Å². The second kappa shape index (κ2) is 5.34. The van der Waals surface area contributed by atoms with Crippen LogP contribution in [0.2, 0.25) is 0 Å². The molecule has 0 unspecified atom stereocenters. The molecule has 0 rings (SSSR count). The molecule has 0 aliphatic heterocycles. The average molecular weight is 147 g/mol. The molecule has 60 valence electrons. The minimum Gasteiger partial charge on any atom is -0.394 e. The molecule has 0 aromatic rings. The Morgan fingerprint density at radius 2 is 2.00 bits per heavy atom. The lowest BCUT2D eigenvalue weighted by molar-refractivity contribution is -0.00945. The third kappa shape index (κ3) is 3.55. The van der Waals surface area contributed by atoms with E-state index < -0.39 is 18.8 Å². The zero-order valence-electron chi connectivity index (χ0n) is 5.94. The molecular formula is C6H13NO3. The monoisotopic (exact) mass is 147 g/mol. The van der Waals surface area contributed by atoms with Crippen LogP contribution in [0.5, 0.6) is 0 Å². The van der Waals surface area contributed by atoms with E-state index in [0.717, 1.165) is 0 Å². The topological polar surface area (TPSA) is 73.1 Å². The number of aliphatic imine (C=N–C) groups is 1. The fourth-order valence-electron chi connectivity index (χ4n) is 0.492. The molecule has 0 amide bonds. The summed E-state index contributed by atoms with van der Waals surface area (Å²) in [5.74, 6) is 0. The van der Waals surface area contributed by atoms with E-state index in [4.69, 9.17) is 15.3 Å². The van der Waals surface area contributed by atoms with Crippen LogP contribution in [0.3, 0.4) is 0 Å². The zero-order chi connectivity index (χ0) is 7.98.